The van der Waals surface area contributed by atoms with Gasteiger partial charge in [-0.05, 0) is 49.1 Å². The minimum absolute atomic E-state index is 0.0506. The number of ether oxygens (including phenoxy) is 1. The van der Waals surface area contributed by atoms with E-state index in [2.05, 4.69) is 11.4 Å². The highest BCUT2D eigenvalue weighted by molar-refractivity contribution is 7.92. The average Bonchev–Trinajstić information content (AvgIpc) is 2.66. The fourth-order valence-corrected chi connectivity index (χ4v) is 4.23. The van der Waals surface area contributed by atoms with Gasteiger partial charge in [0.05, 0.1) is 24.5 Å². The molecular weight excluding hydrogens is 376 g/mol. The summed E-state index contributed by atoms with van der Waals surface area (Å²) in [6.07, 6.45) is 0.937. The van der Waals surface area contributed by atoms with E-state index < -0.39 is 16.1 Å². The van der Waals surface area contributed by atoms with E-state index in [0.717, 1.165) is 17.4 Å². The van der Waals surface area contributed by atoms with Crippen molar-refractivity contribution in [3.63, 3.8) is 0 Å². The molecule has 0 fully saturated rings. The molecule has 3 rings (SSSR count). The number of sulfonamides is 1. The van der Waals surface area contributed by atoms with E-state index in [0.29, 0.717) is 17.9 Å². The average molecular weight is 403 g/mol. The van der Waals surface area contributed by atoms with E-state index in [9.17, 15) is 13.2 Å². The van der Waals surface area contributed by atoms with Gasteiger partial charge in [-0.25, -0.2) is 8.42 Å². The van der Waals surface area contributed by atoms with E-state index in [1.54, 1.807) is 24.3 Å². The standard InChI is InChI=1S/C21H26N2O4S/c1-5-17(16-11-10-14(2)15(3)12-16)22-21(24)20-13-23(28(4,25)26)18-8-6-7-9-19(18)27-20/h6-12,17,20H,5,13H2,1-4H3,(H,22,24)/t17-,20-/m1/s1. The van der Waals surface area contributed by atoms with Crippen LogP contribution in [0.2, 0.25) is 0 Å². The van der Waals surface area contributed by atoms with Gasteiger partial charge < -0.3 is 10.1 Å². The lowest BCUT2D eigenvalue weighted by molar-refractivity contribution is -0.128. The Morgan fingerprint density at radius 1 is 1.21 bits per heavy atom. The number of fused-ring (bicyclic) bond motifs is 1. The molecule has 1 amide bonds. The summed E-state index contributed by atoms with van der Waals surface area (Å²) < 4.78 is 31.5. The van der Waals surface area contributed by atoms with Crippen LogP contribution in [-0.4, -0.2) is 33.2 Å². The molecule has 1 heterocycles. The third-order valence-corrected chi connectivity index (χ3v) is 6.23. The van der Waals surface area contributed by atoms with Crippen LogP contribution in [0.4, 0.5) is 5.69 Å². The summed E-state index contributed by atoms with van der Waals surface area (Å²) in [7, 11) is -3.53. The van der Waals surface area contributed by atoms with Crippen molar-refractivity contribution in [3.05, 3.63) is 59.2 Å². The Bertz CT molecular complexity index is 988. The van der Waals surface area contributed by atoms with E-state index >= 15 is 0 Å². The number of rotatable bonds is 5. The van der Waals surface area contributed by atoms with Crippen LogP contribution in [0.1, 0.15) is 36.1 Å². The van der Waals surface area contributed by atoms with E-state index in [1.807, 2.05) is 32.9 Å². The molecule has 1 aliphatic heterocycles. The van der Waals surface area contributed by atoms with Gasteiger partial charge in [-0.1, -0.05) is 37.3 Å². The summed E-state index contributed by atoms with van der Waals surface area (Å²) in [5.41, 5.74) is 3.84. The minimum Gasteiger partial charge on any atom is -0.476 e. The number of nitrogens with one attached hydrogen (secondary N) is 1. The summed E-state index contributed by atoms with van der Waals surface area (Å²) in [5.74, 6) is 0.0618. The quantitative estimate of drug-likeness (QED) is 0.834. The molecule has 0 bridgehead atoms. The predicted molar refractivity (Wildman–Crippen MR) is 110 cm³/mol. The maximum Gasteiger partial charge on any atom is 0.263 e. The number of hydrogen-bond acceptors (Lipinski definition) is 4. The second kappa shape index (κ2) is 7.83. The van der Waals surface area contributed by atoms with Crippen LogP contribution in [0, 0.1) is 13.8 Å². The Morgan fingerprint density at radius 3 is 2.57 bits per heavy atom. The lowest BCUT2D eigenvalue weighted by Gasteiger charge is -2.34. The van der Waals surface area contributed by atoms with Crippen molar-refractivity contribution in [3.8, 4) is 5.75 Å². The maximum atomic E-state index is 12.9. The van der Waals surface area contributed by atoms with Gasteiger partial charge in [0.2, 0.25) is 10.0 Å². The van der Waals surface area contributed by atoms with Crippen LogP contribution < -0.4 is 14.4 Å². The van der Waals surface area contributed by atoms with Crippen LogP contribution in [0.25, 0.3) is 0 Å². The SMILES string of the molecule is CC[C@@H](NC(=O)[C@H]1CN(S(C)(=O)=O)c2ccccc2O1)c1ccc(C)c(C)c1. The first-order valence-electron chi connectivity index (χ1n) is 9.31. The first kappa shape index (κ1) is 20.2. The fourth-order valence-electron chi connectivity index (χ4n) is 3.32. The molecule has 0 saturated heterocycles. The number of hydrogen-bond donors (Lipinski definition) is 1. The molecule has 2 atom stereocenters. The smallest absolute Gasteiger partial charge is 0.263 e. The summed E-state index contributed by atoms with van der Waals surface area (Å²) >= 11 is 0. The second-order valence-electron chi connectivity index (χ2n) is 7.18. The van der Waals surface area contributed by atoms with E-state index in [4.69, 9.17) is 4.74 Å². The number of aryl methyl sites for hydroxylation is 2. The highest BCUT2D eigenvalue weighted by Gasteiger charge is 2.35. The monoisotopic (exact) mass is 402 g/mol. The zero-order valence-electron chi connectivity index (χ0n) is 16.6. The molecule has 0 aromatic heterocycles. The first-order chi connectivity index (χ1) is 13.2. The zero-order valence-corrected chi connectivity index (χ0v) is 17.4. The number of nitrogens with zero attached hydrogens (tertiary/aromatic N) is 1. The van der Waals surface area contributed by atoms with Gasteiger partial charge in [0.25, 0.3) is 5.91 Å². The summed E-state index contributed by atoms with van der Waals surface area (Å²) in [5, 5.41) is 3.02. The topological polar surface area (TPSA) is 75.7 Å². The molecule has 6 nitrogen and oxygen atoms in total. The van der Waals surface area contributed by atoms with Gasteiger partial charge in [-0.2, -0.15) is 0 Å². The van der Waals surface area contributed by atoms with Gasteiger partial charge in [-0.3, -0.25) is 9.10 Å². The fraction of sp³-hybridized carbons (Fsp3) is 0.381. The number of para-hydroxylation sites is 2. The van der Waals surface area contributed by atoms with Crippen LogP contribution in [0.3, 0.4) is 0 Å². The lowest BCUT2D eigenvalue weighted by atomic mass is 9.99. The Kier molecular flexibility index (Phi) is 5.65. The van der Waals surface area contributed by atoms with Crippen molar-refractivity contribution < 1.29 is 17.9 Å². The Morgan fingerprint density at radius 2 is 1.93 bits per heavy atom. The minimum atomic E-state index is -3.53. The van der Waals surface area contributed by atoms with Crippen molar-refractivity contribution in [1.82, 2.24) is 5.32 Å². The van der Waals surface area contributed by atoms with Gasteiger partial charge in [0.15, 0.2) is 6.10 Å². The molecule has 28 heavy (non-hydrogen) atoms. The molecule has 1 N–H and O–H groups in total. The van der Waals surface area contributed by atoms with Gasteiger partial charge >= 0.3 is 0 Å². The summed E-state index contributed by atoms with van der Waals surface area (Å²) in [6.45, 7) is 6.04. The van der Waals surface area contributed by atoms with Crippen molar-refractivity contribution in [2.45, 2.75) is 39.3 Å². The molecule has 0 spiro atoms. The van der Waals surface area contributed by atoms with Crippen LogP contribution >= 0.6 is 0 Å². The molecule has 7 heteroatoms. The lowest BCUT2D eigenvalue weighted by Crippen LogP contribution is -2.51. The highest BCUT2D eigenvalue weighted by atomic mass is 32.2. The number of amides is 1. The summed E-state index contributed by atoms with van der Waals surface area (Å²) in [6, 6.07) is 12.8. The highest BCUT2D eigenvalue weighted by Crippen LogP contribution is 2.34. The third kappa shape index (κ3) is 4.14. The number of carbonyl (C=O) groups excluding carboxylic acids is 1. The van der Waals surface area contributed by atoms with E-state index in [-0.39, 0.29) is 18.5 Å². The number of anilines is 1. The largest absolute Gasteiger partial charge is 0.476 e. The maximum absolute atomic E-state index is 12.9. The Labute approximate surface area is 166 Å². The van der Waals surface area contributed by atoms with Crippen molar-refractivity contribution in [2.24, 2.45) is 0 Å². The van der Waals surface area contributed by atoms with Gasteiger partial charge in [-0.15, -0.1) is 0 Å². The predicted octanol–water partition coefficient (Wildman–Crippen LogP) is 3.10. The van der Waals surface area contributed by atoms with Gasteiger partial charge in [0, 0.05) is 0 Å². The van der Waals surface area contributed by atoms with Gasteiger partial charge in [0.1, 0.15) is 5.75 Å². The molecule has 150 valence electrons. The number of carbonyl (C=O) groups is 1. The summed E-state index contributed by atoms with van der Waals surface area (Å²) in [4.78, 5) is 12.9. The van der Waals surface area contributed by atoms with Crippen molar-refractivity contribution >= 4 is 21.6 Å². The van der Waals surface area contributed by atoms with Crippen LogP contribution in [0.15, 0.2) is 42.5 Å². The van der Waals surface area contributed by atoms with Crippen LogP contribution in [0.5, 0.6) is 5.75 Å². The molecule has 1 aliphatic rings. The molecule has 0 unspecified atom stereocenters. The van der Waals surface area contributed by atoms with Crippen molar-refractivity contribution in [2.75, 3.05) is 17.1 Å². The van der Waals surface area contributed by atoms with Crippen LogP contribution in [-0.2, 0) is 14.8 Å². The molecule has 2 aromatic carbocycles. The molecular formula is C21H26N2O4S. The first-order valence-corrected chi connectivity index (χ1v) is 11.2. The number of benzene rings is 2. The second-order valence-corrected chi connectivity index (χ2v) is 9.09. The Balaban J connectivity index is 1.83. The molecule has 2 aromatic rings. The zero-order chi connectivity index (χ0) is 20.5. The molecule has 0 saturated carbocycles. The molecule has 0 radical (unpaired) electrons. The third-order valence-electron chi connectivity index (χ3n) is 5.09. The normalized spacial score (nSPS) is 17.4. The Hall–Kier alpha value is -2.54. The van der Waals surface area contributed by atoms with E-state index in [1.165, 1.54) is 9.87 Å². The van der Waals surface area contributed by atoms with Crippen molar-refractivity contribution in [1.29, 1.82) is 0 Å². The molecule has 0 aliphatic carbocycles.